The zero-order chi connectivity index (χ0) is 13.0. The van der Waals surface area contributed by atoms with Gasteiger partial charge in [0, 0.05) is 6.04 Å². The molecule has 3 N–H and O–H groups in total. The smallest absolute Gasteiger partial charge is 0.271 e. The fraction of sp³-hybridized carbons (Fsp3) is 1.00. The van der Waals surface area contributed by atoms with Gasteiger partial charge in [-0.15, -0.1) is 0 Å². The third-order valence-corrected chi connectivity index (χ3v) is 2.19. The number of nitrogens with one attached hydrogen (secondary N) is 1. The molecule has 98 valence electrons. The Bertz CT molecular complexity index is 186. The first kappa shape index (κ1) is 15.5. The highest BCUT2D eigenvalue weighted by Crippen LogP contribution is 2.42. The van der Waals surface area contributed by atoms with E-state index in [4.69, 9.17) is 5.84 Å². The fourth-order valence-corrected chi connectivity index (χ4v) is 1.41. The predicted molar refractivity (Wildman–Crippen MR) is 46.2 cm³/mol. The summed E-state index contributed by atoms with van der Waals surface area (Å²) in [7, 11) is 0. The number of hydrogen-bond donors (Lipinski definition) is 2. The third-order valence-electron chi connectivity index (χ3n) is 2.19. The van der Waals surface area contributed by atoms with Gasteiger partial charge in [0.25, 0.3) is 0 Å². The summed E-state index contributed by atoms with van der Waals surface area (Å²) in [4.78, 5) is 0. The minimum atomic E-state index is -5.34. The normalized spacial score (nSPS) is 15.6. The highest BCUT2D eigenvalue weighted by atomic mass is 19.4. The van der Waals surface area contributed by atoms with Crippen LogP contribution in [0.4, 0.5) is 26.3 Å². The largest absolute Gasteiger partial charge is 0.402 e. The molecule has 1 atom stereocenters. The maximum absolute atomic E-state index is 12.3. The van der Waals surface area contributed by atoms with Crippen molar-refractivity contribution in [1.29, 1.82) is 0 Å². The van der Waals surface area contributed by atoms with E-state index in [1.807, 2.05) is 0 Å². The van der Waals surface area contributed by atoms with Crippen molar-refractivity contribution in [2.24, 2.45) is 11.8 Å². The number of rotatable bonds is 5. The molecule has 0 spiro atoms. The topological polar surface area (TPSA) is 38.0 Å². The zero-order valence-corrected chi connectivity index (χ0v) is 8.62. The Morgan fingerprint density at radius 2 is 1.50 bits per heavy atom. The minimum Gasteiger partial charge on any atom is -0.271 e. The van der Waals surface area contributed by atoms with Crippen molar-refractivity contribution in [1.82, 2.24) is 5.43 Å². The monoisotopic (exact) mass is 252 g/mol. The van der Waals surface area contributed by atoms with Crippen molar-refractivity contribution < 1.29 is 26.3 Å². The number of alkyl halides is 6. The molecule has 0 heterocycles. The summed E-state index contributed by atoms with van der Waals surface area (Å²) < 4.78 is 73.6. The summed E-state index contributed by atoms with van der Waals surface area (Å²) in [6.45, 7) is 1.67. The Kier molecular flexibility index (Phi) is 5.54. The fourth-order valence-electron chi connectivity index (χ4n) is 1.41. The molecule has 0 saturated carbocycles. The van der Waals surface area contributed by atoms with E-state index in [9.17, 15) is 26.3 Å². The summed E-state index contributed by atoms with van der Waals surface area (Å²) in [6.07, 6.45) is -10.2. The molecule has 0 aliphatic heterocycles. The molecular weight excluding hydrogens is 238 g/mol. The van der Waals surface area contributed by atoms with Gasteiger partial charge in [-0.3, -0.25) is 11.3 Å². The van der Waals surface area contributed by atoms with E-state index < -0.39 is 24.3 Å². The van der Waals surface area contributed by atoms with Crippen molar-refractivity contribution in [3.05, 3.63) is 0 Å². The lowest BCUT2D eigenvalue weighted by Gasteiger charge is -2.30. The number of hydrogen-bond acceptors (Lipinski definition) is 2. The van der Waals surface area contributed by atoms with E-state index in [1.54, 1.807) is 12.3 Å². The molecule has 1 unspecified atom stereocenters. The summed E-state index contributed by atoms with van der Waals surface area (Å²) >= 11 is 0. The molecule has 0 saturated heterocycles. The summed E-state index contributed by atoms with van der Waals surface area (Å²) in [5, 5.41) is 0. The molecule has 0 aromatic carbocycles. The van der Waals surface area contributed by atoms with Crippen LogP contribution in [-0.4, -0.2) is 18.4 Å². The van der Waals surface area contributed by atoms with Crippen LogP contribution in [0.1, 0.15) is 26.2 Å². The number of hydrazine groups is 1. The van der Waals surface area contributed by atoms with Crippen LogP contribution in [0.3, 0.4) is 0 Å². The van der Waals surface area contributed by atoms with Crippen LogP contribution in [0.5, 0.6) is 0 Å². The van der Waals surface area contributed by atoms with Gasteiger partial charge in [0.05, 0.1) is 0 Å². The molecule has 0 aliphatic carbocycles. The van der Waals surface area contributed by atoms with Gasteiger partial charge in [-0.1, -0.05) is 19.8 Å². The van der Waals surface area contributed by atoms with E-state index in [0.29, 0.717) is 6.42 Å². The van der Waals surface area contributed by atoms with Crippen LogP contribution in [-0.2, 0) is 0 Å². The molecule has 0 fully saturated rings. The van der Waals surface area contributed by atoms with Crippen LogP contribution in [0.15, 0.2) is 0 Å². The second-order valence-electron chi connectivity index (χ2n) is 3.48. The molecule has 0 amide bonds. The molecule has 0 rings (SSSR count). The van der Waals surface area contributed by atoms with Crippen molar-refractivity contribution in [2.45, 2.75) is 44.6 Å². The van der Waals surface area contributed by atoms with Crippen molar-refractivity contribution >= 4 is 0 Å². The number of halogens is 6. The zero-order valence-electron chi connectivity index (χ0n) is 8.62. The van der Waals surface area contributed by atoms with Crippen LogP contribution < -0.4 is 11.3 Å². The van der Waals surface area contributed by atoms with Crippen LogP contribution in [0.25, 0.3) is 0 Å². The maximum atomic E-state index is 12.3. The Morgan fingerprint density at radius 3 is 1.75 bits per heavy atom. The van der Waals surface area contributed by atoms with E-state index in [0.717, 1.165) is 0 Å². The molecule has 0 bridgehead atoms. The second-order valence-corrected chi connectivity index (χ2v) is 3.48. The molecule has 16 heavy (non-hydrogen) atoms. The average Bonchev–Trinajstić information content (AvgIpc) is 2.07. The number of nitrogens with two attached hydrogens (primary N) is 1. The lowest BCUT2D eigenvalue weighted by Crippen LogP contribution is -2.53. The van der Waals surface area contributed by atoms with Crippen molar-refractivity contribution in [3.8, 4) is 0 Å². The molecule has 0 aliphatic rings. The highest BCUT2D eigenvalue weighted by Gasteiger charge is 2.59. The quantitative estimate of drug-likeness (QED) is 0.448. The van der Waals surface area contributed by atoms with Gasteiger partial charge in [0.1, 0.15) is 0 Å². The number of unbranched alkanes of at least 4 members (excludes halogenated alkanes) is 1. The van der Waals surface area contributed by atoms with Gasteiger partial charge in [0.2, 0.25) is 0 Å². The molecule has 2 nitrogen and oxygen atoms in total. The van der Waals surface area contributed by atoms with Crippen molar-refractivity contribution in [2.75, 3.05) is 0 Å². The second kappa shape index (κ2) is 5.72. The highest BCUT2D eigenvalue weighted by molar-refractivity contribution is 4.85. The first-order valence-corrected chi connectivity index (χ1v) is 4.74. The molecular formula is C8H14F6N2. The average molecular weight is 252 g/mol. The predicted octanol–water partition coefficient (Wildman–Crippen LogP) is 2.75. The maximum Gasteiger partial charge on any atom is 0.402 e. The van der Waals surface area contributed by atoms with Crippen molar-refractivity contribution in [3.63, 3.8) is 0 Å². The first-order chi connectivity index (χ1) is 7.14. The Balaban J connectivity index is 4.86. The summed E-state index contributed by atoms with van der Waals surface area (Å²) in [6, 6.07) is -1.83. The Labute approximate surface area is 89.1 Å². The lowest BCUT2D eigenvalue weighted by atomic mass is 9.94. The van der Waals surface area contributed by atoms with Gasteiger partial charge in [0.15, 0.2) is 5.92 Å². The van der Waals surface area contributed by atoms with E-state index in [2.05, 4.69) is 0 Å². The Morgan fingerprint density at radius 1 is 1.06 bits per heavy atom. The van der Waals surface area contributed by atoms with E-state index >= 15 is 0 Å². The van der Waals surface area contributed by atoms with E-state index in [-0.39, 0.29) is 12.8 Å². The Hall–Kier alpha value is -0.500. The van der Waals surface area contributed by atoms with Gasteiger partial charge in [-0.2, -0.15) is 26.3 Å². The molecule has 8 heteroatoms. The standard InChI is InChI=1S/C8H14F6N2/c1-2-3-4-5(16-15)6(7(9,10)11)8(12,13)14/h5-6,16H,2-4,15H2,1H3. The van der Waals surface area contributed by atoms with E-state index in [1.165, 1.54) is 0 Å². The van der Waals surface area contributed by atoms with Crippen LogP contribution >= 0.6 is 0 Å². The summed E-state index contributed by atoms with van der Waals surface area (Å²) in [5.41, 5.74) is 1.61. The SMILES string of the molecule is CCCCC(NN)C(C(F)(F)F)C(F)(F)F. The van der Waals surface area contributed by atoms with Gasteiger partial charge < -0.3 is 0 Å². The molecule has 0 radical (unpaired) electrons. The third kappa shape index (κ3) is 4.56. The minimum absolute atomic E-state index is 0.248. The molecule has 0 aromatic heterocycles. The summed E-state index contributed by atoms with van der Waals surface area (Å²) in [5.74, 6) is 1.34. The van der Waals surface area contributed by atoms with Gasteiger partial charge >= 0.3 is 12.4 Å². The van der Waals surface area contributed by atoms with Crippen LogP contribution in [0, 0.1) is 5.92 Å². The molecule has 0 aromatic rings. The van der Waals surface area contributed by atoms with Crippen LogP contribution in [0.2, 0.25) is 0 Å². The van der Waals surface area contributed by atoms with Gasteiger partial charge in [-0.05, 0) is 6.42 Å². The lowest BCUT2D eigenvalue weighted by molar-refractivity contribution is -0.292. The van der Waals surface area contributed by atoms with Gasteiger partial charge in [-0.25, -0.2) is 0 Å². The first-order valence-electron chi connectivity index (χ1n) is 4.74.